The normalized spacial score (nSPS) is 10.3. The molecule has 2 amide bonds. The summed E-state index contributed by atoms with van der Waals surface area (Å²) in [4.78, 5) is 35.1. The van der Waals surface area contributed by atoms with Gasteiger partial charge in [0.1, 0.15) is 11.8 Å². The summed E-state index contributed by atoms with van der Waals surface area (Å²) in [5.74, 6) is -0.376. The van der Waals surface area contributed by atoms with Crippen molar-refractivity contribution in [1.29, 1.82) is 0 Å². The molecule has 0 saturated heterocycles. The van der Waals surface area contributed by atoms with Crippen molar-refractivity contribution >= 4 is 81.3 Å². The second-order valence-corrected chi connectivity index (χ2v) is 6.89. The number of halogens is 3. The van der Waals surface area contributed by atoms with Crippen LogP contribution in [-0.2, 0) is 9.59 Å². The Hall–Kier alpha value is -3.14. The Morgan fingerprint density at radius 2 is 1.00 bits per heavy atom. The summed E-state index contributed by atoms with van der Waals surface area (Å²) in [7, 11) is 0. The lowest BCUT2D eigenvalue weighted by Gasteiger charge is -2.10. The van der Waals surface area contributed by atoms with Gasteiger partial charge >= 0.3 is 0 Å². The van der Waals surface area contributed by atoms with Crippen LogP contribution in [0.1, 0.15) is 0 Å². The third kappa shape index (κ3) is 6.95. The first kappa shape index (κ1) is 22.5. The minimum absolute atomic E-state index is 0.00279. The van der Waals surface area contributed by atoms with Crippen LogP contribution in [0.2, 0.25) is 5.28 Å². The molecule has 0 fully saturated rings. The van der Waals surface area contributed by atoms with Crippen molar-refractivity contribution in [2.75, 3.05) is 33.0 Å². The van der Waals surface area contributed by atoms with E-state index in [0.717, 1.165) is 0 Å². The van der Waals surface area contributed by atoms with Crippen LogP contribution in [0, 0.1) is 0 Å². The second kappa shape index (κ2) is 10.8. The molecule has 0 spiro atoms. The molecule has 0 bridgehead atoms. The summed E-state index contributed by atoms with van der Waals surface area (Å²) in [6.07, 6.45) is 0. The molecule has 0 radical (unpaired) electrons. The number of alkyl halides is 2. The third-order valence-corrected chi connectivity index (χ3v) is 4.35. The van der Waals surface area contributed by atoms with Crippen molar-refractivity contribution in [3.63, 3.8) is 0 Å². The first-order chi connectivity index (χ1) is 14.9. The lowest BCUT2D eigenvalue weighted by Crippen LogP contribution is -2.12. The number of aromatic nitrogens is 3. The number of carbonyl (C=O) groups excluding carboxylic acids is 2. The van der Waals surface area contributed by atoms with E-state index in [4.69, 9.17) is 34.8 Å². The van der Waals surface area contributed by atoms with E-state index in [1.807, 2.05) is 0 Å². The zero-order valence-corrected chi connectivity index (χ0v) is 18.1. The predicted molar refractivity (Wildman–Crippen MR) is 123 cm³/mol. The smallest absolute Gasteiger partial charge is 0.239 e. The van der Waals surface area contributed by atoms with Crippen LogP contribution >= 0.6 is 34.8 Å². The highest BCUT2D eigenvalue weighted by atomic mass is 35.5. The monoisotopic (exact) mass is 479 g/mol. The van der Waals surface area contributed by atoms with E-state index in [-0.39, 0.29) is 40.8 Å². The van der Waals surface area contributed by atoms with E-state index in [1.54, 1.807) is 48.5 Å². The Morgan fingerprint density at radius 3 is 1.35 bits per heavy atom. The van der Waals surface area contributed by atoms with Crippen molar-refractivity contribution in [3.8, 4) is 0 Å². The molecule has 0 aliphatic carbocycles. The van der Waals surface area contributed by atoms with Gasteiger partial charge in [-0.2, -0.15) is 15.0 Å². The van der Waals surface area contributed by atoms with Crippen molar-refractivity contribution in [2.24, 2.45) is 0 Å². The Morgan fingerprint density at radius 1 is 0.645 bits per heavy atom. The number of hydrogen-bond acceptors (Lipinski definition) is 7. The quantitative estimate of drug-likeness (QED) is 0.353. The SMILES string of the molecule is O=C(CCl)Nc1ccc(Nc2nc(Cl)nc(Nc3ccc(NC(=O)CCl)cc3)n2)cc1. The Labute approximate surface area is 192 Å². The maximum Gasteiger partial charge on any atom is 0.239 e. The molecular weight excluding hydrogens is 465 g/mol. The van der Waals surface area contributed by atoms with Gasteiger partial charge in [-0.15, -0.1) is 23.2 Å². The molecule has 3 rings (SSSR count). The van der Waals surface area contributed by atoms with Crippen LogP contribution in [0.15, 0.2) is 48.5 Å². The molecule has 2 aromatic carbocycles. The van der Waals surface area contributed by atoms with E-state index in [0.29, 0.717) is 22.7 Å². The number of nitrogens with one attached hydrogen (secondary N) is 4. The van der Waals surface area contributed by atoms with E-state index in [1.165, 1.54) is 0 Å². The van der Waals surface area contributed by atoms with Crippen molar-refractivity contribution in [3.05, 3.63) is 53.8 Å². The molecule has 160 valence electrons. The largest absolute Gasteiger partial charge is 0.325 e. The predicted octanol–water partition coefficient (Wildman–Crippen LogP) is 4.37. The second-order valence-electron chi connectivity index (χ2n) is 6.02. The molecule has 31 heavy (non-hydrogen) atoms. The van der Waals surface area contributed by atoms with Crippen LogP contribution in [0.4, 0.5) is 34.6 Å². The van der Waals surface area contributed by atoms with Gasteiger partial charge in [0.05, 0.1) is 0 Å². The molecule has 1 heterocycles. The Balaban J connectivity index is 1.67. The molecule has 12 heteroatoms. The lowest BCUT2D eigenvalue weighted by molar-refractivity contribution is -0.114. The highest BCUT2D eigenvalue weighted by Crippen LogP contribution is 2.21. The molecule has 9 nitrogen and oxygen atoms in total. The molecule has 0 aliphatic heterocycles. The lowest BCUT2D eigenvalue weighted by atomic mass is 10.3. The van der Waals surface area contributed by atoms with Gasteiger partial charge in [0.25, 0.3) is 0 Å². The first-order valence-corrected chi connectivity index (χ1v) is 10.3. The van der Waals surface area contributed by atoms with E-state index >= 15 is 0 Å². The topological polar surface area (TPSA) is 121 Å². The summed E-state index contributed by atoms with van der Waals surface area (Å²) in [5, 5.41) is 11.3. The highest BCUT2D eigenvalue weighted by molar-refractivity contribution is 6.29. The summed E-state index contributed by atoms with van der Waals surface area (Å²) in [5.41, 5.74) is 2.57. The van der Waals surface area contributed by atoms with Crippen LogP contribution in [0.3, 0.4) is 0 Å². The van der Waals surface area contributed by atoms with Crippen molar-refractivity contribution in [1.82, 2.24) is 15.0 Å². The van der Waals surface area contributed by atoms with E-state index < -0.39 is 0 Å². The average molecular weight is 481 g/mol. The number of rotatable bonds is 8. The van der Waals surface area contributed by atoms with Crippen LogP contribution in [-0.4, -0.2) is 38.5 Å². The summed E-state index contributed by atoms with van der Waals surface area (Å²) in [6, 6.07) is 13.8. The summed E-state index contributed by atoms with van der Waals surface area (Å²) >= 11 is 17.0. The third-order valence-electron chi connectivity index (χ3n) is 3.70. The fourth-order valence-electron chi connectivity index (χ4n) is 2.38. The average Bonchev–Trinajstić information content (AvgIpc) is 2.76. The van der Waals surface area contributed by atoms with Gasteiger partial charge in [0, 0.05) is 22.7 Å². The molecule has 1 aromatic heterocycles. The van der Waals surface area contributed by atoms with Crippen LogP contribution < -0.4 is 21.3 Å². The van der Waals surface area contributed by atoms with Gasteiger partial charge < -0.3 is 21.3 Å². The standard InChI is InChI=1S/C19H16Cl3N7O2/c20-9-15(30)23-11-1-5-13(6-2-11)25-18-27-17(22)28-19(29-18)26-14-7-3-12(4-8-14)24-16(31)10-21/h1-8H,9-10H2,(H,23,30)(H,24,31)(H2,25,26,27,28,29). The van der Waals surface area contributed by atoms with Gasteiger partial charge in [-0.3, -0.25) is 9.59 Å². The number of hydrogen-bond donors (Lipinski definition) is 4. The van der Waals surface area contributed by atoms with Crippen molar-refractivity contribution in [2.45, 2.75) is 0 Å². The zero-order chi connectivity index (χ0) is 22.2. The minimum atomic E-state index is -0.295. The molecular formula is C19H16Cl3N7O2. The number of nitrogens with zero attached hydrogens (tertiary/aromatic N) is 3. The first-order valence-electron chi connectivity index (χ1n) is 8.82. The Kier molecular flexibility index (Phi) is 7.82. The van der Waals surface area contributed by atoms with Gasteiger partial charge in [-0.25, -0.2) is 0 Å². The minimum Gasteiger partial charge on any atom is -0.325 e. The number of benzene rings is 2. The van der Waals surface area contributed by atoms with Gasteiger partial charge in [0.15, 0.2) is 0 Å². The summed E-state index contributed by atoms with van der Waals surface area (Å²) < 4.78 is 0. The highest BCUT2D eigenvalue weighted by Gasteiger charge is 2.07. The van der Waals surface area contributed by atoms with E-state index in [9.17, 15) is 9.59 Å². The fraction of sp³-hybridized carbons (Fsp3) is 0.105. The number of anilines is 6. The molecule has 0 saturated carbocycles. The van der Waals surface area contributed by atoms with Crippen LogP contribution in [0.25, 0.3) is 0 Å². The fourth-order valence-corrected chi connectivity index (χ4v) is 2.68. The maximum atomic E-state index is 11.3. The molecule has 4 N–H and O–H groups in total. The summed E-state index contributed by atoms with van der Waals surface area (Å²) in [6.45, 7) is 0. The van der Waals surface area contributed by atoms with E-state index in [2.05, 4.69) is 36.2 Å². The van der Waals surface area contributed by atoms with Crippen LogP contribution in [0.5, 0.6) is 0 Å². The zero-order valence-electron chi connectivity index (χ0n) is 15.8. The number of amides is 2. The maximum absolute atomic E-state index is 11.3. The van der Waals surface area contributed by atoms with Gasteiger partial charge in [-0.05, 0) is 60.1 Å². The van der Waals surface area contributed by atoms with Crippen molar-refractivity contribution < 1.29 is 9.59 Å². The molecule has 0 atom stereocenters. The number of carbonyl (C=O) groups is 2. The molecule has 0 aliphatic rings. The van der Waals surface area contributed by atoms with Gasteiger partial charge in [-0.1, -0.05) is 0 Å². The molecule has 3 aromatic rings. The molecule has 0 unspecified atom stereocenters. The van der Waals surface area contributed by atoms with Gasteiger partial charge in [0.2, 0.25) is 29.0 Å². The Bertz CT molecular complexity index is 981.